The lowest BCUT2D eigenvalue weighted by Crippen LogP contribution is -2.29. The van der Waals surface area contributed by atoms with Crippen LogP contribution in [0.2, 0.25) is 0 Å². The number of carbonyl (C=O) groups excluding carboxylic acids is 2. The van der Waals surface area contributed by atoms with E-state index >= 15 is 0 Å². The van der Waals surface area contributed by atoms with Crippen LogP contribution in [0.5, 0.6) is 0 Å². The van der Waals surface area contributed by atoms with Crippen molar-refractivity contribution in [1.82, 2.24) is 0 Å². The van der Waals surface area contributed by atoms with E-state index in [1.807, 2.05) is 12.2 Å². The number of rotatable bonds is 51. The summed E-state index contributed by atoms with van der Waals surface area (Å²) >= 11 is 0. The first kappa shape index (κ1) is 63.1. The summed E-state index contributed by atoms with van der Waals surface area (Å²) in [5, 5.41) is 0. The van der Waals surface area contributed by atoms with Gasteiger partial charge in [0.1, 0.15) is 6.61 Å². The van der Waals surface area contributed by atoms with Gasteiger partial charge in [0.15, 0.2) is 6.10 Å². The zero-order chi connectivity index (χ0) is 47.7. The Labute approximate surface area is 409 Å². The van der Waals surface area contributed by atoms with E-state index in [1.54, 1.807) is 0 Å². The maximum absolute atomic E-state index is 12.8. The van der Waals surface area contributed by atoms with Crippen LogP contribution in [0.3, 0.4) is 0 Å². The molecule has 0 N–H and O–H groups in total. The first-order valence-electron chi connectivity index (χ1n) is 28.1. The lowest BCUT2D eigenvalue weighted by atomic mass is 10.0. The fraction of sp³-hybridized carbons (Fsp3) is 0.738. The van der Waals surface area contributed by atoms with Gasteiger partial charge < -0.3 is 14.2 Å². The molecule has 380 valence electrons. The average molecular weight is 920 g/mol. The fourth-order valence-corrected chi connectivity index (χ4v) is 7.79. The summed E-state index contributed by atoms with van der Waals surface area (Å²) in [7, 11) is 0. The number of unbranched alkanes of at least 4 members (excludes halogenated alkanes) is 27. The summed E-state index contributed by atoms with van der Waals surface area (Å²) in [5.74, 6) is -0.542. The second kappa shape index (κ2) is 56.4. The molecule has 5 heteroatoms. The maximum atomic E-state index is 12.8. The van der Waals surface area contributed by atoms with Crippen molar-refractivity contribution in [2.24, 2.45) is 0 Å². The summed E-state index contributed by atoms with van der Waals surface area (Å²) in [6.07, 6.45) is 74.9. The molecule has 66 heavy (non-hydrogen) atoms. The Kier molecular flexibility index (Phi) is 53.9. The van der Waals surface area contributed by atoms with Crippen LogP contribution in [0.15, 0.2) is 85.1 Å². The second-order valence-corrected chi connectivity index (χ2v) is 18.5. The molecule has 1 unspecified atom stereocenters. The minimum absolute atomic E-state index is 0.0407. The molecular formula is C61H106O5. The highest BCUT2D eigenvalue weighted by Crippen LogP contribution is 2.16. The van der Waals surface area contributed by atoms with E-state index in [0.29, 0.717) is 13.0 Å². The monoisotopic (exact) mass is 919 g/mol. The minimum atomic E-state index is -0.598. The molecule has 0 saturated carbocycles. The SMILES string of the molecule is CC/C=C\C/C=C\C/C=C\C/C=C\C/C=C\CC(=O)OC(COCCCCCCCC/C=C\C/C=C\CCCCC)COC(=O)CCCCCCCCCCCCCCCCCCCCC. The van der Waals surface area contributed by atoms with Gasteiger partial charge in [-0.1, -0.05) is 260 Å². The van der Waals surface area contributed by atoms with Crippen LogP contribution in [0.4, 0.5) is 0 Å². The second-order valence-electron chi connectivity index (χ2n) is 18.5. The molecule has 0 amide bonds. The summed E-state index contributed by atoms with van der Waals surface area (Å²) in [6.45, 7) is 7.59. The normalized spacial score (nSPS) is 12.8. The third-order valence-electron chi connectivity index (χ3n) is 11.9. The highest BCUT2D eigenvalue weighted by molar-refractivity contribution is 5.71. The van der Waals surface area contributed by atoms with Gasteiger partial charge in [0.05, 0.1) is 13.0 Å². The van der Waals surface area contributed by atoms with Crippen LogP contribution >= 0.6 is 0 Å². The van der Waals surface area contributed by atoms with Gasteiger partial charge in [0, 0.05) is 13.0 Å². The molecule has 0 bridgehead atoms. The Morgan fingerprint density at radius 1 is 0.364 bits per heavy atom. The number of esters is 2. The van der Waals surface area contributed by atoms with Crippen molar-refractivity contribution in [3.63, 3.8) is 0 Å². The average Bonchev–Trinajstić information content (AvgIpc) is 3.32. The molecule has 0 heterocycles. The van der Waals surface area contributed by atoms with E-state index in [4.69, 9.17) is 14.2 Å². The third-order valence-corrected chi connectivity index (χ3v) is 11.9. The smallest absolute Gasteiger partial charge is 0.310 e. The molecule has 0 rings (SSSR count). The number of hydrogen-bond donors (Lipinski definition) is 0. The molecule has 0 aromatic rings. The predicted octanol–water partition coefficient (Wildman–Crippen LogP) is 19.2. The van der Waals surface area contributed by atoms with Crippen LogP contribution in [-0.4, -0.2) is 37.9 Å². The van der Waals surface area contributed by atoms with Crippen LogP contribution in [0.25, 0.3) is 0 Å². The first-order chi connectivity index (χ1) is 32.6. The fourth-order valence-electron chi connectivity index (χ4n) is 7.79. The van der Waals surface area contributed by atoms with Gasteiger partial charge in [0.2, 0.25) is 0 Å². The number of ether oxygens (including phenoxy) is 3. The highest BCUT2D eigenvalue weighted by atomic mass is 16.6. The van der Waals surface area contributed by atoms with E-state index in [0.717, 1.165) is 70.6 Å². The molecule has 0 aliphatic carbocycles. The molecule has 0 aromatic carbocycles. The standard InChI is InChI=1S/C61H106O5/c1-4-7-10-13-16-19-22-25-28-30-31-32-34-36-39-42-45-48-51-54-60(62)65-58-59(57-64-56-53-50-47-44-41-38-35-29-26-23-20-17-14-11-8-5-2)66-61(63)55-52-49-46-43-40-37-33-27-24-21-18-15-12-9-6-3/h9,12,17-18,20-21,26-27,29,33,40,43,49,52,59H,4-8,10-11,13-16,19,22-25,28,30-32,34-39,41-42,44-48,50-51,53-58H2,1-3H3/b12-9-,20-17-,21-18-,29-26-,33-27-,43-40-,52-49-. The van der Waals surface area contributed by atoms with E-state index in [-0.39, 0.29) is 31.6 Å². The molecule has 0 aliphatic rings. The summed E-state index contributed by atoms with van der Waals surface area (Å²) in [5.41, 5.74) is 0. The molecule has 0 radical (unpaired) electrons. The molecular weight excluding hydrogens is 813 g/mol. The Hall–Kier alpha value is -2.92. The van der Waals surface area contributed by atoms with E-state index in [2.05, 4.69) is 93.7 Å². The third kappa shape index (κ3) is 53.7. The van der Waals surface area contributed by atoms with Crippen LogP contribution in [0.1, 0.15) is 265 Å². The van der Waals surface area contributed by atoms with E-state index < -0.39 is 6.10 Å². The quantitative estimate of drug-likeness (QED) is 0.0346. The van der Waals surface area contributed by atoms with Gasteiger partial charge in [0.25, 0.3) is 0 Å². The van der Waals surface area contributed by atoms with Crippen LogP contribution in [0, 0.1) is 0 Å². The lowest BCUT2D eigenvalue weighted by molar-refractivity contribution is -0.162. The van der Waals surface area contributed by atoms with E-state index in [9.17, 15) is 9.59 Å². The molecule has 1 atom stereocenters. The van der Waals surface area contributed by atoms with Gasteiger partial charge in [-0.25, -0.2) is 0 Å². The van der Waals surface area contributed by atoms with Crippen molar-refractivity contribution >= 4 is 11.9 Å². The van der Waals surface area contributed by atoms with Gasteiger partial charge in [-0.15, -0.1) is 0 Å². The van der Waals surface area contributed by atoms with Crippen molar-refractivity contribution in [2.75, 3.05) is 19.8 Å². The molecule has 0 aromatic heterocycles. The minimum Gasteiger partial charge on any atom is -0.462 e. The Morgan fingerprint density at radius 2 is 0.727 bits per heavy atom. The van der Waals surface area contributed by atoms with Gasteiger partial charge >= 0.3 is 11.9 Å². The van der Waals surface area contributed by atoms with Crippen molar-refractivity contribution in [3.05, 3.63) is 85.1 Å². The lowest BCUT2D eigenvalue weighted by Gasteiger charge is -2.18. The van der Waals surface area contributed by atoms with Crippen molar-refractivity contribution in [1.29, 1.82) is 0 Å². The van der Waals surface area contributed by atoms with Gasteiger partial charge in [-0.05, 0) is 77.0 Å². The van der Waals surface area contributed by atoms with Crippen LogP contribution in [-0.2, 0) is 23.8 Å². The Morgan fingerprint density at radius 3 is 1.20 bits per heavy atom. The Balaban J connectivity index is 4.35. The summed E-state index contributed by atoms with van der Waals surface area (Å²) < 4.78 is 17.3. The van der Waals surface area contributed by atoms with Gasteiger partial charge in [-0.2, -0.15) is 0 Å². The molecule has 0 saturated heterocycles. The molecule has 0 fully saturated rings. The largest absolute Gasteiger partial charge is 0.462 e. The zero-order valence-electron chi connectivity index (χ0n) is 43.7. The topological polar surface area (TPSA) is 61.8 Å². The summed E-state index contributed by atoms with van der Waals surface area (Å²) in [6, 6.07) is 0. The number of allylic oxidation sites excluding steroid dienone is 13. The maximum Gasteiger partial charge on any atom is 0.310 e. The molecule has 5 nitrogen and oxygen atoms in total. The zero-order valence-corrected chi connectivity index (χ0v) is 43.7. The first-order valence-corrected chi connectivity index (χ1v) is 28.1. The molecule has 0 spiro atoms. The van der Waals surface area contributed by atoms with Crippen molar-refractivity contribution in [3.8, 4) is 0 Å². The molecule has 0 aliphatic heterocycles. The van der Waals surface area contributed by atoms with Gasteiger partial charge in [-0.3, -0.25) is 9.59 Å². The number of carbonyl (C=O) groups is 2. The van der Waals surface area contributed by atoms with E-state index in [1.165, 1.54) is 161 Å². The van der Waals surface area contributed by atoms with Crippen molar-refractivity contribution in [2.45, 2.75) is 271 Å². The Bertz CT molecular complexity index is 1220. The summed E-state index contributed by atoms with van der Waals surface area (Å²) in [4.78, 5) is 25.4. The number of hydrogen-bond acceptors (Lipinski definition) is 5. The predicted molar refractivity (Wildman–Crippen MR) is 288 cm³/mol. The van der Waals surface area contributed by atoms with Crippen molar-refractivity contribution < 1.29 is 23.8 Å². The highest BCUT2D eigenvalue weighted by Gasteiger charge is 2.17. The van der Waals surface area contributed by atoms with Crippen LogP contribution < -0.4 is 0 Å².